The van der Waals surface area contributed by atoms with E-state index in [0.29, 0.717) is 5.92 Å². The molecule has 0 aromatic heterocycles. The summed E-state index contributed by atoms with van der Waals surface area (Å²) < 4.78 is 0. The Morgan fingerprint density at radius 1 is 0.867 bits per heavy atom. The largest absolute Gasteiger partial charge is 0.120 e. The van der Waals surface area contributed by atoms with Gasteiger partial charge in [0.1, 0.15) is 0 Å². The molecule has 2 aliphatic rings. The maximum absolute atomic E-state index is 5.50. The van der Waals surface area contributed by atoms with Gasteiger partial charge in [0, 0.05) is 8.77 Å². The van der Waals surface area contributed by atoms with Gasteiger partial charge in [-0.3, -0.25) is 0 Å². The van der Waals surface area contributed by atoms with E-state index in [1.165, 1.54) is 51.4 Å². The fourth-order valence-corrected chi connectivity index (χ4v) is 3.51. The van der Waals surface area contributed by atoms with Gasteiger partial charge >= 0.3 is 0 Å². The number of rotatable bonds is 1. The molecule has 0 radical (unpaired) electrons. The summed E-state index contributed by atoms with van der Waals surface area (Å²) in [6.45, 7) is 2.41. The standard InChI is InChI=1S/C15H24.2H2/c1-3-13-6-10-15(11-7-13)14-8-4-12(2)5-9-14;;/h1,12-15H,4-11H2,2H3;2*1H. The first-order chi connectivity index (χ1) is 7.29. The summed E-state index contributed by atoms with van der Waals surface area (Å²) in [5.41, 5.74) is 0. The van der Waals surface area contributed by atoms with Crippen molar-refractivity contribution in [2.45, 2.75) is 58.3 Å². The van der Waals surface area contributed by atoms with Gasteiger partial charge < -0.3 is 0 Å². The molecule has 2 saturated carbocycles. The first-order valence-electron chi connectivity index (χ1n) is 6.75. The van der Waals surface area contributed by atoms with E-state index in [4.69, 9.17) is 6.42 Å². The van der Waals surface area contributed by atoms with E-state index < -0.39 is 0 Å². The Morgan fingerprint density at radius 3 is 1.80 bits per heavy atom. The minimum Gasteiger partial charge on any atom is -0.120 e. The van der Waals surface area contributed by atoms with Crippen molar-refractivity contribution >= 4 is 0 Å². The highest BCUT2D eigenvalue weighted by Crippen LogP contribution is 2.40. The number of terminal acetylenes is 1. The van der Waals surface area contributed by atoms with Crippen molar-refractivity contribution in [3.05, 3.63) is 0 Å². The Balaban J connectivity index is 0.00000128. The van der Waals surface area contributed by atoms with Crippen molar-refractivity contribution < 1.29 is 2.85 Å². The maximum atomic E-state index is 5.50. The summed E-state index contributed by atoms with van der Waals surface area (Å²) in [5.74, 6) is 6.58. The Bertz CT molecular complexity index is 228. The summed E-state index contributed by atoms with van der Waals surface area (Å²) in [4.78, 5) is 0. The zero-order valence-electron chi connectivity index (χ0n) is 10.0. The van der Waals surface area contributed by atoms with Crippen molar-refractivity contribution in [2.24, 2.45) is 23.7 Å². The van der Waals surface area contributed by atoms with Crippen LogP contribution in [0.4, 0.5) is 0 Å². The summed E-state index contributed by atoms with van der Waals surface area (Å²) in [5, 5.41) is 0. The third-order valence-corrected chi connectivity index (χ3v) is 4.73. The minimum atomic E-state index is 0. The molecule has 15 heavy (non-hydrogen) atoms. The van der Waals surface area contributed by atoms with E-state index in [2.05, 4.69) is 12.8 Å². The molecule has 0 nitrogen and oxygen atoms in total. The summed E-state index contributed by atoms with van der Waals surface area (Å²) in [7, 11) is 0. The molecule has 88 valence electrons. The zero-order chi connectivity index (χ0) is 10.7. The molecular formula is C15H28. The van der Waals surface area contributed by atoms with E-state index in [9.17, 15) is 0 Å². The van der Waals surface area contributed by atoms with Gasteiger partial charge in [-0.15, -0.1) is 12.3 Å². The Morgan fingerprint density at radius 2 is 1.33 bits per heavy atom. The molecule has 0 aromatic rings. The number of hydrogen-bond acceptors (Lipinski definition) is 0. The summed E-state index contributed by atoms with van der Waals surface area (Å²) in [6.07, 6.45) is 16.8. The van der Waals surface area contributed by atoms with Crippen molar-refractivity contribution in [3.8, 4) is 12.3 Å². The third kappa shape index (κ3) is 2.77. The SMILES string of the molecule is C#CC1CCC(C2CCC(C)CC2)CC1.[HH].[HH]. The molecule has 0 N–H and O–H groups in total. The van der Waals surface area contributed by atoms with Crippen LogP contribution in [-0.4, -0.2) is 0 Å². The van der Waals surface area contributed by atoms with Crippen LogP contribution in [0.1, 0.15) is 61.1 Å². The van der Waals surface area contributed by atoms with E-state index in [1.807, 2.05) is 0 Å². The maximum Gasteiger partial charge on any atom is 0.0200 e. The molecule has 2 aliphatic carbocycles. The Labute approximate surface area is 97.8 Å². The predicted molar refractivity (Wildman–Crippen MR) is 69.6 cm³/mol. The topological polar surface area (TPSA) is 0 Å². The molecule has 0 unspecified atom stereocenters. The quantitative estimate of drug-likeness (QED) is 0.546. The molecule has 0 aromatic carbocycles. The average molecular weight is 208 g/mol. The molecule has 2 fully saturated rings. The van der Waals surface area contributed by atoms with Crippen molar-refractivity contribution in [2.75, 3.05) is 0 Å². The highest BCUT2D eigenvalue weighted by atomic mass is 14.3. The van der Waals surface area contributed by atoms with Crippen LogP contribution in [0, 0.1) is 36.0 Å². The molecule has 0 atom stereocenters. The van der Waals surface area contributed by atoms with Gasteiger partial charge in [-0.2, -0.15) is 0 Å². The first-order valence-corrected chi connectivity index (χ1v) is 6.75. The lowest BCUT2D eigenvalue weighted by molar-refractivity contribution is 0.162. The van der Waals surface area contributed by atoms with Crippen LogP contribution in [-0.2, 0) is 0 Å². The normalized spacial score (nSPS) is 42.1. The molecular weight excluding hydrogens is 180 g/mol. The molecule has 2 rings (SSSR count). The van der Waals surface area contributed by atoms with Crippen molar-refractivity contribution in [1.82, 2.24) is 0 Å². The van der Waals surface area contributed by atoms with Crippen LogP contribution in [0.2, 0.25) is 0 Å². The average Bonchev–Trinajstić information content (AvgIpc) is 2.30. The monoisotopic (exact) mass is 208 g/mol. The fourth-order valence-electron chi connectivity index (χ4n) is 3.51. The van der Waals surface area contributed by atoms with Crippen LogP contribution in [0.15, 0.2) is 0 Å². The van der Waals surface area contributed by atoms with Gasteiger partial charge in [-0.25, -0.2) is 0 Å². The summed E-state index contributed by atoms with van der Waals surface area (Å²) in [6, 6.07) is 0. The van der Waals surface area contributed by atoms with Crippen molar-refractivity contribution in [3.63, 3.8) is 0 Å². The first kappa shape index (κ1) is 11.1. The lowest BCUT2D eigenvalue weighted by Crippen LogP contribution is -2.24. The van der Waals surface area contributed by atoms with Gasteiger partial charge in [0.05, 0.1) is 0 Å². The van der Waals surface area contributed by atoms with Gasteiger partial charge in [0.25, 0.3) is 0 Å². The lowest BCUT2D eigenvalue weighted by atomic mass is 9.69. The van der Waals surface area contributed by atoms with Gasteiger partial charge in [-0.05, 0) is 56.3 Å². The Hall–Kier alpha value is -0.440. The minimum absolute atomic E-state index is 0. The Kier molecular flexibility index (Phi) is 3.73. The highest BCUT2D eigenvalue weighted by Gasteiger charge is 2.29. The molecule has 0 saturated heterocycles. The number of hydrogen-bond donors (Lipinski definition) is 0. The summed E-state index contributed by atoms with van der Waals surface area (Å²) >= 11 is 0. The molecule has 0 bridgehead atoms. The highest BCUT2D eigenvalue weighted by molar-refractivity contribution is 4.96. The third-order valence-electron chi connectivity index (χ3n) is 4.73. The van der Waals surface area contributed by atoms with Crippen LogP contribution in [0.25, 0.3) is 0 Å². The van der Waals surface area contributed by atoms with E-state index in [-0.39, 0.29) is 2.85 Å². The van der Waals surface area contributed by atoms with E-state index in [1.54, 1.807) is 0 Å². The molecule has 0 amide bonds. The second-order valence-electron chi connectivity index (χ2n) is 5.80. The van der Waals surface area contributed by atoms with Crippen LogP contribution < -0.4 is 0 Å². The van der Waals surface area contributed by atoms with Gasteiger partial charge in [-0.1, -0.05) is 19.8 Å². The molecule has 0 heteroatoms. The van der Waals surface area contributed by atoms with Crippen LogP contribution >= 0.6 is 0 Å². The molecule has 0 aliphatic heterocycles. The zero-order valence-corrected chi connectivity index (χ0v) is 10.0. The van der Waals surface area contributed by atoms with E-state index in [0.717, 1.165) is 17.8 Å². The predicted octanol–water partition coefficient (Wildman–Crippen LogP) is 4.74. The second kappa shape index (κ2) is 5.06. The smallest absolute Gasteiger partial charge is 0.0200 e. The van der Waals surface area contributed by atoms with Gasteiger partial charge in [0.2, 0.25) is 0 Å². The molecule has 0 spiro atoms. The lowest BCUT2D eigenvalue weighted by Gasteiger charge is -2.36. The van der Waals surface area contributed by atoms with E-state index >= 15 is 0 Å². The van der Waals surface area contributed by atoms with Crippen LogP contribution in [0.5, 0.6) is 0 Å². The second-order valence-corrected chi connectivity index (χ2v) is 5.80. The fraction of sp³-hybridized carbons (Fsp3) is 0.867. The van der Waals surface area contributed by atoms with Gasteiger partial charge in [0.15, 0.2) is 0 Å². The van der Waals surface area contributed by atoms with Crippen molar-refractivity contribution in [1.29, 1.82) is 0 Å². The molecule has 0 heterocycles. The van der Waals surface area contributed by atoms with Crippen LogP contribution in [0.3, 0.4) is 0 Å².